The largest absolute Gasteiger partial charge is 0.466 e. The lowest BCUT2D eigenvalue weighted by Crippen LogP contribution is -2.09. The quantitative estimate of drug-likeness (QED) is 0.456. The second kappa shape index (κ2) is 4.48. The Balaban J connectivity index is 4.68. The molecule has 0 atom stereocenters. The lowest BCUT2D eigenvalue weighted by molar-refractivity contribution is -0.140. The summed E-state index contributed by atoms with van der Waals surface area (Å²) in [4.78, 5) is 21.2. The SMILES string of the molecule is COC(=O)/C(C)=C(/F)C(=O)OC. The Morgan fingerprint density at radius 1 is 1.08 bits per heavy atom. The molecule has 4 nitrogen and oxygen atoms in total. The van der Waals surface area contributed by atoms with Crippen molar-refractivity contribution in [3.05, 3.63) is 11.4 Å². The molecular formula is C7H9FO4. The van der Waals surface area contributed by atoms with Gasteiger partial charge in [0, 0.05) is 0 Å². The fourth-order valence-electron chi connectivity index (χ4n) is 0.485. The Labute approximate surface area is 69.0 Å². The third-order valence-electron chi connectivity index (χ3n) is 1.19. The van der Waals surface area contributed by atoms with Crippen LogP contribution in [0.1, 0.15) is 6.92 Å². The van der Waals surface area contributed by atoms with E-state index in [1.165, 1.54) is 0 Å². The van der Waals surface area contributed by atoms with Crippen LogP contribution >= 0.6 is 0 Å². The summed E-state index contributed by atoms with van der Waals surface area (Å²) < 4.78 is 21.0. The molecule has 0 aromatic carbocycles. The van der Waals surface area contributed by atoms with Crippen LogP contribution in [0.25, 0.3) is 0 Å². The average molecular weight is 176 g/mol. The smallest absolute Gasteiger partial charge is 0.367 e. The lowest BCUT2D eigenvalue weighted by Gasteiger charge is -1.99. The number of rotatable bonds is 2. The lowest BCUT2D eigenvalue weighted by atomic mass is 10.3. The monoisotopic (exact) mass is 176 g/mol. The van der Waals surface area contributed by atoms with Crippen molar-refractivity contribution in [3.8, 4) is 0 Å². The molecule has 0 saturated carbocycles. The van der Waals surface area contributed by atoms with Crippen molar-refractivity contribution < 1.29 is 23.5 Å². The van der Waals surface area contributed by atoms with Crippen LogP contribution in [0.2, 0.25) is 0 Å². The van der Waals surface area contributed by atoms with Crippen molar-refractivity contribution in [2.24, 2.45) is 0 Å². The molecule has 0 amide bonds. The molecule has 68 valence electrons. The second-order valence-electron chi connectivity index (χ2n) is 1.92. The molecule has 0 rings (SSSR count). The van der Waals surface area contributed by atoms with E-state index in [1.807, 2.05) is 0 Å². The molecule has 5 heteroatoms. The Morgan fingerprint density at radius 2 is 1.50 bits per heavy atom. The zero-order valence-electron chi connectivity index (χ0n) is 7.01. The van der Waals surface area contributed by atoms with E-state index in [4.69, 9.17) is 0 Å². The molecule has 0 aromatic rings. The van der Waals surface area contributed by atoms with Crippen LogP contribution in [0.15, 0.2) is 11.4 Å². The van der Waals surface area contributed by atoms with Crippen LogP contribution in [0.5, 0.6) is 0 Å². The number of carbonyl (C=O) groups is 2. The number of hydrogen-bond donors (Lipinski definition) is 0. The molecule has 12 heavy (non-hydrogen) atoms. The predicted octanol–water partition coefficient (Wildman–Crippen LogP) is 0.576. The van der Waals surface area contributed by atoms with Gasteiger partial charge in [0.05, 0.1) is 19.8 Å². The molecule has 0 bridgehead atoms. The van der Waals surface area contributed by atoms with Crippen molar-refractivity contribution in [2.75, 3.05) is 14.2 Å². The number of carbonyl (C=O) groups excluding carboxylic acids is 2. The number of halogens is 1. The fourth-order valence-corrected chi connectivity index (χ4v) is 0.485. The minimum absolute atomic E-state index is 0.399. The summed E-state index contributed by atoms with van der Waals surface area (Å²) in [6.45, 7) is 1.14. The van der Waals surface area contributed by atoms with Gasteiger partial charge in [0.25, 0.3) is 0 Å². The summed E-state index contributed by atoms with van der Waals surface area (Å²) in [5.41, 5.74) is -0.399. The van der Waals surface area contributed by atoms with E-state index in [0.29, 0.717) is 0 Å². The van der Waals surface area contributed by atoms with Crippen molar-refractivity contribution in [2.45, 2.75) is 6.92 Å². The van der Waals surface area contributed by atoms with Gasteiger partial charge in [-0.15, -0.1) is 0 Å². The molecule has 0 spiro atoms. The summed E-state index contributed by atoms with van der Waals surface area (Å²) in [6.07, 6.45) is 0. The standard InChI is InChI=1S/C7H9FO4/c1-4(6(9)11-2)5(8)7(10)12-3/h1-3H3/b5-4+. The summed E-state index contributed by atoms with van der Waals surface area (Å²) in [7, 11) is 2.11. The van der Waals surface area contributed by atoms with E-state index in [-0.39, 0.29) is 0 Å². The predicted molar refractivity (Wildman–Crippen MR) is 37.8 cm³/mol. The highest BCUT2D eigenvalue weighted by molar-refractivity contribution is 5.98. The van der Waals surface area contributed by atoms with Gasteiger partial charge in [-0.3, -0.25) is 0 Å². The van der Waals surface area contributed by atoms with Crippen LogP contribution < -0.4 is 0 Å². The van der Waals surface area contributed by atoms with Crippen molar-refractivity contribution >= 4 is 11.9 Å². The van der Waals surface area contributed by atoms with Gasteiger partial charge in [0.1, 0.15) is 0 Å². The third-order valence-corrected chi connectivity index (χ3v) is 1.19. The Kier molecular flexibility index (Phi) is 3.96. The molecule has 0 aromatic heterocycles. The van der Waals surface area contributed by atoms with E-state index < -0.39 is 23.3 Å². The van der Waals surface area contributed by atoms with Crippen LogP contribution in [0.3, 0.4) is 0 Å². The average Bonchev–Trinajstić information content (AvgIpc) is 2.12. The van der Waals surface area contributed by atoms with Crippen molar-refractivity contribution in [1.82, 2.24) is 0 Å². The van der Waals surface area contributed by atoms with Crippen LogP contribution in [0, 0.1) is 0 Å². The molecule has 0 fully saturated rings. The normalized spacial score (nSPS) is 11.7. The molecule has 0 aliphatic carbocycles. The van der Waals surface area contributed by atoms with E-state index >= 15 is 0 Å². The highest BCUT2D eigenvalue weighted by Crippen LogP contribution is 2.08. The first-order valence-electron chi connectivity index (χ1n) is 3.07. The second-order valence-corrected chi connectivity index (χ2v) is 1.92. The maximum absolute atomic E-state index is 12.7. The highest BCUT2D eigenvalue weighted by Gasteiger charge is 2.17. The minimum atomic E-state index is -1.23. The van der Waals surface area contributed by atoms with Gasteiger partial charge in [0.2, 0.25) is 5.83 Å². The Bertz CT molecular complexity index is 208. The Morgan fingerprint density at radius 3 is 1.83 bits per heavy atom. The van der Waals surface area contributed by atoms with Crippen LogP contribution in [-0.2, 0) is 19.1 Å². The molecule has 0 aliphatic heterocycles. The maximum atomic E-state index is 12.7. The van der Waals surface area contributed by atoms with E-state index in [9.17, 15) is 14.0 Å². The first kappa shape index (κ1) is 10.6. The third kappa shape index (κ3) is 2.34. The van der Waals surface area contributed by atoms with Gasteiger partial charge in [-0.1, -0.05) is 0 Å². The van der Waals surface area contributed by atoms with E-state index in [2.05, 4.69) is 9.47 Å². The van der Waals surface area contributed by atoms with Gasteiger partial charge in [-0.2, -0.15) is 4.39 Å². The van der Waals surface area contributed by atoms with Crippen LogP contribution in [-0.4, -0.2) is 26.2 Å². The van der Waals surface area contributed by atoms with Crippen molar-refractivity contribution in [1.29, 1.82) is 0 Å². The van der Waals surface area contributed by atoms with Gasteiger partial charge < -0.3 is 9.47 Å². The molecule has 0 radical (unpaired) electrons. The van der Waals surface area contributed by atoms with Gasteiger partial charge >= 0.3 is 11.9 Å². The zero-order chi connectivity index (χ0) is 9.72. The zero-order valence-corrected chi connectivity index (χ0v) is 7.01. The summed E-state index contributed by atoms with van der Waals surface area (Å²) in [5.74, 6) is -3.31. The molecule has 0 heterocycles. The van der Waals surface area contributed by atoms with Gasteiger partial charge in [0.15, 0.2) is 0 Å². The fraction of sp³-hybridized carbons (Fsp3) is 0.429. The molecule has 0 N–H and O–H groups in total. The van der Waals surface area contributed by atoms with Crippen LogP contribution in [0.4, 0.5) is 4.39 Å². The number of esters is 2. The summed E-state index contributed by atoms with van der Waals surface area (Å²) in [6, 6.07) is 0. The molecule has 0 saturated heterocycles. The number of ether oxygens (including phenoxy) is 2. The summed E-state index contributed by atoms with van der Waals surface area (Å²) in [5, 5.41) is 0. The first-order chi connectivity index (χ1) is 5.54. The highest BCUT2D eigenvalue weighted by atomic mass is 19.1. The van der Waals surface area contributed by atoms with Crippen molar-refractivity contribution in [3.63, 3.8) is 0 Å². The Hall–Kier alpha value is -1.39. The van der Waals surface area contributed by atoms with E-state index in [1.54, 1.807) is 0 Å². The van der Waals surface area contributed by atoms with E-state index in [0.717, 1.165) is 21.1 Å². The maximum Gasteiger partial charge on any atom is 0.367 e. The molecule has 0 unspecified atom stereocenters. The first-order valence-corrected chi connectivity index (χ1v) is 3.07. The molecule has 0 aliphatic rings. The topological polar surface area (TPSA) is 52.6 Å². The van der Waals surface area contributed by atoms with Gasteiger partial charge in [-0.25, -0.2) is 9.59 Å². The molecular weight excluding hydrogens is 167 g/mol. The summed E-state index contributed by atoms with van der Waals surface area (Å²) >= 11 is 0. The number of hydrogen-bond acceptors (Lipinski definition) is 4. The number of methoxy groups -OCH3 is 2. The minimum Gasteiger partial charge on any atom is -0.466 e. The van der Waals surface area contributed by atoms with Gasteiger partial charge in [-0.05, 0) is 6.92 Å².